The summed E-state index contributed by atoms with van der Waals surface area (Å²) in [5, 5.41) is 9.08. The summed E-state index contributed by atoms with van der Waals surface area (Å²) in [6.07, 6.45) is 4.37. The quantitative estimate of drug-likeness (QED) is 0.203. The van der Waals surface area contributed by atoms with E-state index in [4.69, 9.17) is 14.8 Å². The van der Waals surface area contributed by atoms with Crippen LogP contribution in [0, 0.1) is 5.92 Å². The zero-order valence-electron chi connectivity index (χ0n) is 21.7. The van der Waals surface area contributed by atoms with Gasteiger partial charge in [0.1, 0.15) is 11.6 Å². The molecule has 0 saturated carbocycles. The standard InChI is InChI=1S/C31H35N3O3/c1-3-4-9-30-32-27-15-14-25(33-18-16-22(2)17-19-33)20-28(27)34(30)21-23-10-12-24(13-11-23)26-7-5-6-8-29(26)37-31(35)36/h5-8,10-15,20,22H,3-4,9,16-19,21H2,1-2H3,(H,35,36). The molecule has 0 radical (unpaired) electrons. The minimum atomic E-state index is -1.31. The lowest BCUT2D eigenvalue weighted by atomic mass is 9.99. The van der Waals surface area contributed by atoms with E-state index in [1.165, 1.54) is 29.6 Å². The molecule has 5 rings (SSSR count). The van der Waals surface area contributed by atoms with Crippen molar-refractivity contribution in [2.45, 2.75) is 52.5 Å². The van der Waals surface area contributed by atoms with Crippen LogP contribution in [0.25, 0.3) is 22.2 Å². The zero-order chi connectivity index (χ0) is 25.8. The summed E-state index contributed by atoms with van der Waals surface area (Å²) in [4.78, 5) is 18.6. The van der Waals surface area contributed by atoms with E-state index in [0.29, 0.717) is 5.75 Å². The first-order valence-corrected chi connectivity index (χ1v) is 13.3. The Morgan fingerprint density at radius 2 is 1.81 bits per heavy atom. The number of hydrogen-bond donors (Lipinski definition) is 1. The van der Waals surface area contributed by atoms with E-state index in [0.717, 1.165) is 67.3 Å². The Kier molecular flexibility index (Phi) is 7.45. The lowest BCUT2D eigenvalue weighted by Gasteiger charge is -2.32. The van der Waals surface area contributed by atoms with Crippen LogP contribution in [0.2, 0.25) is 0 Å². The van der Waals surface area contributed by atoms with Gasteiger partial charge in [0, 0.05) is 37.3 Å². The van der Waals surface area contributed by atoms with Gasteiger partial charge in [-0.3, -0.25) is 0 Å². The number of hydrogen-bond acceptors (Lipinski definition) is 4. The number of rotatable bonds is 8. The summed E-state index contributed by atoms with van der Waals surface area (Å²) < 4.78 is 7.36. The Morgan fingerprint density at radius 3 is 2.54 bits per heavy atom. The van der Waals surface area contributed by atoms with Crippen molar-refractivity contribution in [3.05, 3.63) is 78.1 Å². The Labute approximate surface area is 218 Å². The van der Waals surface area contributed by atoms with Crippen molar-refractivity contribution in [3.8, 4) is 16.9 Å². The molecule has 3 aromatic carbocycles. The second-order valence-electron chi connectivity index (χ2n) is 10.1. The third kappa shape index (κ3) is 5.63. The highest BCUT2D eigenvalue weighted by Gasteiger charge is 2.18. The number of ether oxygens (including phenoxy) is 1. The average Bonchev–Trinajstić information content (AvgIpc) is 3.24. The number of unbranched alkanes of at least 4 members (excludes halogenated alkanes) is 1. The fourth-order valence-corrected chi connectivity index (χ4v) is 5.19. The number of aromatic nitrogens is 2. The van der Waals surface area contributed by atoms with Gasteiger partial charge in [0.25, 0.3) is 0 Å². The normalized spacial score (nSPS) is 14.3. The predicted octanol–water partition coefficient (Wildman–Crippen LogP) is 7.39. The van der Waals surface area contributed by atoms with Crippen molar-refractivity contribution in [1.82, 2.24) is 9.55 Å². The molecule has 0 aliphatic carbocycles. The topological polar surface area (TPSA) is 67.6 Å². The number of piperidine rings is 1. The number of imidazole rings is 1. The SMILES string of the molecule is CCCCc1nc2ccc(N3CCC(C)CC3)cc2n1Cc1ccc(-c2ccccc2OC(=O)O)cc1. The van der Waals surface area contributed by atoms with Gasteiger partial charge in [0.2, 0.25) is 0 Å². The first-order valence-electron chi connectivity index (χ1n) is 13.3. The highest BCUT2D eigenvalue weighted by Crippen LogP contribution is 2.31. The molecular formula is C31H35N3O3. The van der Waals surface area contributed by atoms with E-state index in [9.17, 15) is 4.79 Å². The molecule has 1 N–H and O–H groups in total. The monoisotopic (exact) mass is 497 g/mol. The summed E-state index contributed by atoms with van der Waals surface area (Å²) in [5.74, 6) is 2.27. The van der Waals surface area contributed by atoms with Gasteiger partial charge in [-0.15, -0.1) is 0 Å². The summed E-state index contributed by atoms with van der Waals surface area (Å²) in [6.45, 7) is 7.52. The molecule has 1 aliphatic rings. The molecule has 37 heavy (non-hydrogen) atoms. The van der Waals surface area contributed by atoms with Crippen molar-refractivity contribution in [2.75, 3.05) is 18.0 Å². The van der Waals surface area contributed by atoms with Crippen LogP contribution < -0.4 is 9.64 Å². The lowest BCUT2D eigenvalue weighted by molar-refractivity contribution is 0.144. The van der Waals surface area contributed by atoms with Gasteiger partial charge in [0.05, 0.1) is 11.0 Å². The fourth-order valence-electron chi connectivity index (χ4n) is 5.19. The number of para-hydroxylation sites is 1. The Balaban J connectivity index is 1.45. The molecule has 6 heteroatoms. The van der Waals surface area contributed by atoms with Crippen LogP contribution in [0.1, 0.15) is 50.9 Å². The number of carboxylic acid groups (broad SMARTS) is 1. The molecule has 0 bridgehead atoms. The van der Waals surface area contributed by atoms with E-state index >= 15 is 0 Å². The van der Waals surface area contributed by atoms with Crippen molar-refractivity contribution < 1.29 is 14.6 Å². The summed E-state index contributed by atoms with van der Waals surface area (Å²) in [7, 11) is 0. The van der Waals surface area contributed by atoms with E-state index in [1.54, 1.807) is 12.1 Å². The molecular weight excluding hydrogens is 462 g/mol. The molecule has 192 valence electrons. The molecule has 1 aliphatic heterocycles. The largest absolute Gasteiger partial charge is 0.511 e. The second-order valence-corrected chi connectivity index (χ2v) is 10.1. The van der Waals surface area contributed by atoms with Crippen LogP contribution in [-0.2, 0) is 13.0 Å². The van der Waals surface area contributed by atoms with Crippen LogP contribution in [0.4, 0.5) is 10.5 Å². The van der Waals surface area contributed by atoms with E-state index in [1.807, 2.05) is 24.3 Å². The second kappa shape index (κ2) is 11.1. The maximum absolute atomic E-state index is 11.1. The number of anilines is 1. The highest BCUT2D eigenvalue weighted by molar-refractivity contribution is 5.81. The maximum atomic E-state index is 11.1. The van der Waals surface area contributed by atoms with E-state index in [-0.39, 0.29) is 0 Å². The maximum Gasteiger partial charge on any atom is 0.511 e. The number of carbonyl (C=O) groups is 1. The van der Waals surface area contributed by atoms with Crippen LogP contribution in [0.15, 0.2) is 66.7 Å². The van der Waals surface area contributed by atoms with Gasteiger partial charge in [-0.2, -0.15) is 0 Å². The first kappa shape index (κ1) is 24.9. The average molecular weight is 498 g/mol. The van der Waals surface area contributed by atoms with Crippen LogP contribution in [-0.4, -0.2) is 33.9 Å². The zero-order valence-corrected chi connectivity index (χ0v) is 21.7. The number of benzene rings is 3. The van der Waals surface area contributed by atoms with Crippen LogP contribution in [0.3, 0.4) is 0 Å². The minimum Gasteiger partial charge on any atom is -0.449 e. The molecule has 1 fully saturated rings. The van der Waals surface area contributed by atoms with Gasteiger partial charge >= 0.3 is 6.16 Å². The molecule has 0 atom stereocenters. The van der Waals surface area contributed by atoms with Crippen molar-refractivity contribution >= 4 is 22.9 Å². The van der Waals surface area contributed by atoms with Gasteiger partial charge in [0.15, 0.2) is 0 Å². The van der Waals surface area contributed by atoms with Gasteiger partial charge in [-0.25, -0.2) is 9.78 Å². The van der Waals surface area contributed by atoms with Gasteiger partial charge in [-0.05, 0) is 60.6 Å². The third-order valence-electron chi connectivity index (χ3n) is 7.40. The van der Waals surface area contributed by atoms with Gasteiger partial charge in [-0.1, -0.05) is 62.7 Å². The Hall–Kier alpha value is -3.80. The molecule has 4 aromatic rings. The fraction of sp³-hybridized carbons (Fsp3) is 0.355. The number of nitrogens with zero attached hydrogens (tertiary/aromatic N) is 3. The molecule has 2 heterocycles. The van der Waals surface area contributed by atoms with Crippen LogP contribution in [0.5, 0.6) is 5.75 Å². The third-order valence-corrected chi connectivity index (χ3v) is 7.40. The predicted molar refractivity (Wildman–Crippen MR) is 149 cm³/mol. The first-order chi connectivity index (χ1) is 18.0. The molecule has 1 saturated heterocycles. The Morgan fingerprint density at radius 1 is 1.05 bits per heavy atom. The minimum absolute atomic E-state index is 0.338. The van der Waals surface area contributed by atoms with Crippen LogP contribution >= 0.6 is 0 Å². The molecule has 0 amide bonds. The van der Waals surface area contributed by atoms with Crippen molar-refractivity contribution in [3.63, 3.8) is 0 Å². The highest BCUT2D eigenvalue weighted by atomic mass is 16.7. The molecule has 0 unspecified atom stereocenters. The van der Waals surface area contributed by atoms with E-state index in [2.05, 4.69) is 53.6 Å². The molecule has 0 spiro atoms. The number of fused-ring (bicyclic) bond motifs is 1. The van der Waals surface area contributed by atoms with Crippen molar-refractivity contribution in [1.29, 1.82) is 0 Å². The summed E-state index contributed by atoms with van der Waals surface area (Å²) in [5.41, 5.74) is 6.38. The molecule has 6 nitrogen and oxygen atoms in total. The summed E-state index contributed by atoms with van der Waals surface area (Å²) >= 11 is 0. The van der Waals surface area contributed by atoms with Gasteiger partial charge < -0.3 is 19.3 Å². The van der Waals surface area contributed by atoms with Crippen molar-refractivity contribution in [2.24, 2.45) is 5.92 Å². The summed E-state index contributed by atoms with van der Waals surface area (Å²) in [6, 6.07) is 22.2. The molecule has 1 aromatic heterocycles. The lowest BCUT2D eigenvalue weighted by Crippen LogP contribution is -2.32. The van der Waals surface area contributed by atoms with E-state index < -0.39 is 6.16 Å². The smallest absolute Gasteiger partial charge is 0.449 e. The number of aryl methyl sites for hydroxylation is 1. The Bertz CT molecular complexity index is 1370.